The van der Waals surface area contributed by atoms with Crippen molar-refractivity contribution in [3.63, 3.8) is 0 Å². The normalized spacial score (nSPS) is 39.5. The summed E-state index contributed by atoms with van der Waals surface area (Å²) in [5.74, 6) is 0. The third-order valence-electron chi connectivity index (χ3n) is 2.82. The van der Waals surface area contributed by atoms with Crippen molar-refractivity contribution in [3.05, 3.63) is 0 Å². The monoisotopic (exact) mass is 169 g/mol. The molecule has 0 aromatic heterocycles. The molecular formula is C8H15N3O. The number of urea groups is 1. The van der Waals surface area contributed by atoms with Gasteiger partial charge in [0.05, 0.1) is 0 Å². The maximum Gasteiger partial charge on any atom is 0.312 e. The molecule has 2 saturated heterocycles. The Morgan fingerprint density at radius 3 is 2.42 bits per heavy atom. The minimum atomic E-state index is -0.388. The maximum absolute atomic E-state index is 10.6. The van der Waals surface area contributed by atoms with Crippen molar-refractivity contribution in [3.8, 4) is 0 Å². The molecule has 4 N–H and O–H groups in total. The first-order valence-corrected chi connectivity index (χ1v) is 4.56. The highest BCUT2D eigenvalue weighted by atomic mass is 16.2. The van der Waals surface area contributed by atoms with Crippen molar-refractivity contribution < 1.29 is 4.79 Å². The summed E-state index contributed by atoms with van der Waals surface area (Å²) in [6, 6.07) is 1.14. The van der Waals surface area contributed by atoms with Crippen LogP contribution in [0.15, 0.2) is 0 Å². The Bertz CT molecular complexity index is 183. The average molecular weight is 169 g/mol. The summed E-state index contributed by atoms with van der Waals surface area (Å²) < 4.78 is 0. The van der Waals surface area contributed by atoms with Crippen LogP contribution in [0.4, 0.5) is 4.79 Å². The van der Waals surface area contributed by atoms with E-state index in [1.807, 2.05) is 0 Å². The number of nitrogens with two attached hydrogens (primary N) is 1. The fourth-order valence-corrected chi connectivity index (χ4v) is 2.38. The Morgan fingerprint density at radius 2 is 1.92 bits per heavy atom. The number of hydrogen-bond acceptors (Lipinski definition) is 2. The molecule has 0 spiro atoms. The predicted octanol–water partition coefficient (Wildman–Crippen LogP) is -0.0623. The van der Waals surface area contributed by atoms with Gasteiger partial charge in [-0.05, 0) is 25.7 Å². The van der Waals surface area contributed by atoms with Crippen molar-refractivity contribution in [2.24, 2.45) is 5.73 Å². The lowest BCUT2D eigenvalue weighted by Crippen LogP contribution is -2.49. The summed E-state index contributed by atoms with van der Waals surface area (Å²) in [5, 5.41) is 6.28. The molecule has 0 aromatic carbocycles. The van der Waals surface area contributed by atoms with Gasteiger partial charge in [-0.1, -0.05) is 0 Å². The van der Waals surface area contributed by atoms with Crippen molar-refractivity contribution >= 4 is 6.03 Å². The zero-order chi connectivity index (χ0) is 8.55. The van der Waals surface area contributed by atoms with Crippen molar-refractivity contribution in [1.29, 1.82) is 0 Å². The van der Waals surface area contributed by atoms with Crippen LogP contribution < -0.4 is 16.4 Å². The molecule has 0 saturated carbocycles. The molecule has 2 aliphatic rings. The number of amides is 2. The fourth-order valence-electron chi connectivity index (χ4n) is 2.38. The molecule has 0 radical (unpaired) electrons. The summed E-state index contributed by atoms with van der Waals surface area (Å²) >= 11 is 0. The van der Waals surface area contributed by atoms with Gasteiger partial charge in [0.15, 0.2) is 0 Å². The molecular weight excluding hydrogens is 154 g/mol. The van der Waals surface area contributed by atoms with Crippen LogP contribution in [0.5, 0.6) is 0 Å². The van der Waals surface area contributed by atoms with Crippen molar-refractivity contribution in [1.82, 2.24) is 10.6 Å². The van der Waals surface area contributed by atoms with Gasteiger partial charge in [-0.3, -0.25) is 0 Å². The van der Waals surface area contributed by atoms with Gasteiger partial charge in [-0.2, -0.15) is 0 Å². The van der Waals surface area contributed by atoms with Gasteiger partial charge in [0.1, 0.15) is 0 Å². The summed E-state index contributed by atoms with van der Waals surface area (Å²) in [5.41, 5.74) is 5.06. The number of nitrogens with one attached hydrogen (secondary N) is 2. The smallest absolute Gasteiger partial charge is 0.312 e. The van der Waals surface area contributed by atoms with Crippen molar-refractivity contribution in [2.45, 2.75) is 43.8 Å². The maximum atomic E-state index is 10.6. The van der Waals surface area contributed by atoms with E-state index in [4.69, 9.17) is 5.73 Å². The Balaban J connectivity index is 1.89. The number of rotatable bonds is 1. The lowest BCUT2D eigenvalue weighted by molar-refractivity contribution is 0.237. The number of carbonyl (C=O) groups excluding carboxylic acids is 1. The molecule has 2 amide bonds. The standard InChI is InChI=1S/C8H15N3O/c9-8(12)11-7-3-5-1-2-6(4-7)10-5/h5-7,10H,1-4H2,(H3,9,11,12). The summed E-state index contributed by atoms with van der Waals surface area (Å²) in [4.78, 5) is 10.6. The number of hydrogen-bond donors (Lipinski definition) is 3. The van der Waals surface area contributed by atoms with E-state index in [1.165, 1.54) is 12.8 Å². The number of piperidine rings is 1. The van der Waals surface area contributed by atoms with E-state index in [-0.39, 0.29) is 6.03 Å². The van der Waals surface area contributed by atoms with Crippen LogP contribution in [-0.4, -0.2) is 24.2 Å². The lowest BCUT2D eigenvalue weighted by atomic mass is 10.0. The molecule has 2 atom stereocenters. The largest absolute Gasteiger partial charge is 0.352 e. The second kappa shape index (κ2) is 2.94. The highest BCUT2D eigenvalue weighted by molar-refractivity contribution is 5.71. The lowest BCUT2D eigenvalue weighted by Gasteiger charge is -2.28. The number of fused-ring (bicyclic) bond motifs is 2. The van der Waals surface area contributed by atoms with E-state index in [1.54, 1.807) is 0 Å². The molecule has 12 heavy (non-hydrogen) atoms. The zero-order valence-corrected chi connectivity index (χ0v) is 7.05. The minimum Gasteiger partial charge on any atom is -0.352 e. The third kappa shape index (κ3) is 1.53. The van der Waals surface area contributed by atoms with E-state index in [2.05, 4.69) is 10.6 Å². The predicted molar refractivity (Wildman–Crippen MR) is 45.7 cm³/mol. The van der Waals surface area contributed by atoms with Gasteiger partial charge in [0, 0.05) is 18.1 Å². The first-order chi connectivity index (χ1) is 5.74. The minimum absolute atomic E-state index is 0.307. The Morgan fingerprint density at radius 1 is 1.33 bits per heavy atom. The average Bonchev–Trinajstić information content (AvgIpc) is 2.29. The summed E-state index contributed by atoms with van der Waals surface area (Å²) in [7, 11) is 0. The van der Waals surface area contributed by atoms with Crippen LogP contribution in [-0.2, 0) is 0 Å². The fraction of sp³-hybridized carbons (Fsp3) is 0.875. The summed E-state index contributed by atoms with van der Waals surface area (Å²) in [6.07, 6.45) is 4.59. The van der Waals surface area contributed by atoms with Crippen LogP contribution in [0.25, 0.3) is 0 Å². The summed E-state index contributed by atoms with van der Waals surface area (Å²) in [6.45, 7) is 0. The van der Waals surface area contributed by atoms with Gasteiger partial charge >= 0.3 is 6.03 Å². The molecule has 2 bridgehead atoms. The molecule has 2 fully saturated rings. The first kappa shape index (κ1) is 7.86. The van der Waals surface area contributed by atoms with Crippen LogP contribution >= 0.6 is 0 Å². The molecule has 4 heteroatoms. The highest BCUT2D eigenvalue weighted by Crippen LogP contribution is 2.26. The van der Waals surface area contributed by atoms with Gasteiger partial charge in [0.25, 0.3) is 0 Å². The van der Waals surface area contributed by atoms with E-state index in [0.717, 1.165) is 12.8 Å². The van der Waals surface area contributed by atoms with Crippen LogP contribution in [0, 0.1) is 0 Å². The van der Waals surface area contributed by atoms with Gasteiger partial charge in [-0.25, -0.2) is 4.79 Å². The molecule has 2 unspecified atom stereocenters. The number of carbonyl (C=O) groups is 1. The topological polar surface area (TPSA) is 67.2 Å². The van der Waals surface area contributed by atoms with Crippen LogP contribution in [0.1, 0.15) is 25.7 Å². The molecule has 2 aliphatic heterocycles. The van der Waals surface area contributed by atoms with Gasteiger partial charge in [0.2, 0.25) is 0 Å². The van der Waals surface area contributed by atoms with Gasteiger partial charge in [-0.15, -0.1) is 0 Å². The SMILES string of the molecule is NC(=O)NC1CC2CCC(C1)N2. The Kier molecular flexibility index (Phi) is 1.92. The Labute approximate surface area is 71.9 Å². The van der Waals surface area contributed by atoms with E-state index in [0.29, 0.717) is 18.1 Å². The quantitative estimate of drug-likeness (QED) is 0.514. The van der Waals surface area contributed by atoms with E-state index < -0.39 is 0 Å². The van der Waals surface area contributed by atoms with Crippen molar-refractivity contribution in [2.75, 3.05) is 0 Å². The highest BCUT2D eigenvalue weighted by Gasteiger charge is 2.33. The van der Waals surface area contributed by atoms with E-state index >= 15 is 0 Å². The molecule has 4 nitrogen and oxygen atoms in total. The van der Waals surface area contributed by atoms with Crippen LogP contribution in [0.3, 0.4) is 0 Å². The first-order valence-electron chi connectivity index (χ1n) is 4.56. The molecule has 0 aromatic rings. The zero-order valence-electron chi connectivity index (χ0n) is 7.05. The van der Waals surface area contributed by atoms with Crippen LogP contribution in [0.2, 0.25) is 0 Å². The molecule has 0 aliphatic carbocycles. The molecule has 2 heterocycles. The Hall–Kier alpha value is -0.770. The third-order valence-corrected chi connectivity index (χ3v) is 2.82. The second-order valence-electron chi connectivity index (χ2n) is 3.81. The number of primary amides is 1. The van der Waals surface area contributed by atoms with E-state index in [9.17, 15) is 4.79 Å². The second-order valence-corrected chi connectivity index (χ2v) is 3.81. The molecule has 68 valence electrons. The molecule has 2 rings (SSSR count). The van der Waals surface area contributed by atoms with Gasteiger partial charge < -0.3 is 16.4 Å².